The number of nitrogens with zero attached hydrogens (tertiary/aromatic N) is 2. The first-order valence-corrected chi connectivity index (χ1v) is 9.04. The van der Waals surface area contributed by atoms with Crippen molar-refractivity contribution in [3.05, 3.63) is 69.7 Å². The molecule has 2 aromatic rings. The molecule has 0 fully saturated rings. The topological polar surface area (TPSA) is 15.6 Å². The highest BCUT2D eigenvalue weighted by atomic mass is 15.3. The highest BCUT2D eigenvalue weighted by Gasteiger charge is 2.56. The van der Waals surface area contributed by atoms with Crippen molar-refractivity contribution < 1.29 is 0 Å². The molecule has 124 valence electrons. The van der Waals surface area contributed by atoms with Crippen LogP contribution in [0.4, 0.5) is 0 Å². The van der Waals surface area contributed by atoms with E-state index in [1.54, 1.807) is 0 Å². The average Bonchev–Trinajstić information content (AvgIpc) is 3.02. The van der Waals surface area contributed by atoms with E-state index >= 15 is 0 Å². The molecule has 0 radical (unpaired) electrons. The molecule has 2 aromatic carbocycles. The van der Waals surface area contributed by atoms with Crippen molar-refractivity contribution in [2.45, 2.75) is 45.7 Å². The molecule has 1 aliphatic heterocycles. The number of para-hydroxylation sites is 1. The molecule has 2 heteroatoms. The molecule has 0 bridgehead atoms. The van der Waals surface area contributed by atoms with Crippen LogP contribution in [0.1, 0.15) is 44.4 Å². The average molecular weight is 318 g/mol. The van der Waals surface area contributed by atoms with Crippen LogP contribution in [-0.4, -0.2) is 18.0 Å². The van der Waals surface area contributed by atoms with Crippen LogP contribution in [0.25, 0.3) is 5.57 Å². The number of hydrogen-bond acceptors (Lipinski definition) is 2. The van der Waals surface area contributed by atoms with Gasteiger partial charge in [0.25, 0.3) is 0 Å². The van der Waals surface area contributed by atoms with Gasteiger partial charge in [-0.25, -0.2) is 0 Å². The maximum atomic E-state index is 5.41. The molecule has 1 unspecified atom stereocenters. The van der Waals surface area contributed by atoms with Crippen molar-refractivity contribution in [1.29, 1.82) is 0 Å². The van der Waals surface area contributed by atoms with E-state index in [0.717, 1.165) is 13.1 Å². The first-order valence-electron chi connectivity index (χ1n) is 9.04. The van der Waals surface area contributed by atoms with E-state index in [4.69, 9.17) is 4.99 Å². The van der Waals surface area contributed by atoms with Crippen molar-refractivity contribution >= 4 is 5.57 Å². The minimum absolute atomic E-state index is 0.0122. The van der Waals surface area contributed by atoms with Gasteiger partial charge >= 0.3 is 0 Å². The molecule has 0 amide bonds. The SMILES string of the molecule is CCN(CC)C12N=c3c(C)cccc3=C1C(C)(C)c1ccccc12. The van der Waals surface area contributed by atoms with E-state index in [1.165, 1.54) is 32.8 Å². The maximum absolute atomic E-state index is 5.41. The normalized spacial score (nSPS) is 23.0. The predicted octanol–water partition coefficient (Wildman–Crippen LogP) is 3.26. The van der Waals surface area contributed by atoms with E-state index in [0.29, 0.717) is 0 Å². The number of aryl methyl sites for hydroxylation is 1. The van der Waals surface area contributed by atoms with Gasteiger partial charge in [-0.2, -0.15) is 0 Å². The summed E-state index contributed by atoms with van der Waals surface area (Å²) in [6.07, 6.45) is 0. The molecule has 24 heavy (non-hydrogen) atoms. The fraction of sp³-hybridized carbons (Fsp3) is 0.409. The Labute approximate surface area is 144 Å². The third-order valence-corrected chi connectivity index (χ3v) is 5.95. The van der Waals surface area contributed by atoms with Gasteiger partial charge in [0.2, 0.25) is 0 Å². The van der Waals surface area contributed by atoms with E-state index in [2.05, 4.69) is 82.0 Å². The van der Waals surface area contributed by atoms with Crippen molar-refractivity contribution in [2.24, 2.45) is 4.99 Å². The minimum Gasteiger partial charge on any atom is -0.273 e. The zero-order valence-electron chi connectivity index (χ0n) is 15.4. The Morgan fingerprint density at radius 2 is 1.58 bits per heavy atom. The molecular weight excluding hydrogens is 292 g/mol. The van der Waals surface area contributed by atoms with Gasteiger partial charge in [0.15, 0.2) is 5.66 Å². The molecule has 2 nitrogen and oxygen atoms in total. The number of benzene rings is 2. The number of fused-ring (bicyclic) bond motifs is 4. The van der Waals surface area contributed by atoms with Gasteiger partial charge in [0, 0.05) is 16.2 Å². The Hall–Kier alpha value is -1.93. The Morgan fingerprint density at radius 1 is 0.917 bits per heavy atom. The number of rotatable bonds is 3. The van der Waals surface area contributed by atoms with Crippen LogP contribution in [0.5, 0.6) is 0 Å². The van der Waals surface area contributed by atoms with Gasteiger partial charge < -0.3 is 0 Å². The third-order valence-electron chi connectivity index (χ3n) is 5.95. The lowest BCUT2D eigenvalue weighted by molar-refractivity contribution is 0.161. The van der Waals surface area contributed by atoms with Gasteiger partial charge in [0.1, 0.15) is 0 Å². The van der Waals surface area contributed by atoms with Crippen LogP contribution in [0.3, 0.4) is 0 Å². The quantitative estimate of drug-likeness (QED) is 0.848. The second kappa shape index (κ2) is 5.03. The zero-order valence-corrected chi connectivity index (χ0v) is 15.4. The summed E-state index contributed by atoms with van der Waals surface area (Å²) in [5.41, 5.74) is 5.17. The van der Waals surface area contributed by atoms with E-state index < -0.39 is 0 Å². The lowest BCUT2D eigenvalue weighted by Crippen LogP contribution is -2.45. The second-order valence-corrected chi connectivity index (χ2v) is 7.47. The molecule has 0 saturated heterocycles. The maximum Gasteiger partial charge on any atom is 0.163 e. The van der Waals surface area contributed by atoms with Gasteiger partial charge in [-0.15, -0.1) is 0 Å². The van der Waals surface area contributed by atoms with Crippen molar-refractivity contribution in [3.8, 4) is 0 Å². The minimum atomic E-state index is -0.335. The summed E-state index contributed by atoms with van der Waals surface area (Å²) in [7, 11) is 0. The summed E-state index contributed by atoms with van der Waals surface area (Å²) in [5.74, 6) is 0. The Balaban J connectivity index is 2.21. The summed E-state index contributed by atoms with van der Waals surface area (Å²) in [4.78, 5) is 7.94. The molecule has 0 saturated carbocycles. The lowest BCUT2D eigenvalue weighted by Gasteiger charge is -2.39. The van der Waals surface area contributed by atoms with Crippen LogP contribution in [0.15, 0.2) is 47.5 Å². The molecule has 4 rings (SSSR count). The molecule has 0 N–H and O–H groups in total. The second-order valence-electron chi connectivity index (χ2n) is 7.47. The lowest BCUT2D eigenvalue weighted by atomic mass is 9.80. The van der Waals surface area contributed by atoms with E-state index in [-0.39, 0.29) is 11.1 Å². The molecule has 0 aromatic heterocycles. The highest BCUT2D eigenvalue weighted by Crippen LogP contribution is 2.57. The molecule has 2 aliphatic rings. The summed E-state index contributed by atoms with van der Waals surface area (Å²) >= 11 is 0. The Kier molecular flexibility index (Phi) is 3.27. The van der Waals surface area contributed by atoms with Crippen molar-refractivity contribution in [1.82, 2.24) is 4.90 Å². The van der Waals surface area contributed by atoms with Crippen molar-refractivity contribution in [2.75, 3.05) is 13.1 Å². The van der Waals surface area contributed by atoms with Gasteiger partial charge in [0.05, 0.1) is 5.36 Å². The van der Waals surface area contributed by atoms with E-state index in [9.17, 15) is 0 Å². The van der Waals surface area contributed by atoms with Crippen LogP contribution >= 0.6 is 0 Å². The van der Waals surface area contributed by atoms with Crippen LogP contribution in [-0.2, 0) is 11.1 Å². The summed E-state index contributed by atoms with van der Waals surface area (Å²) in [6.45, 7) is 13.4. The van der Waals surface area contributed by atoms with Crippen LogP contribution < -0.4 is 10.6 Å². The molecule has 1 aliphatic carbocycles. The highest BCUT2D eigenvalue weighted by molar-refractivity contribution is 5.79. The molecular formula is C22H26N2. The molecule has 1 heterocycles. The zero-order chi connectivity index (χ0) is 17.1. The van der Waals surface area contributed by atoms with Gasteiger partial charge in [-0.3, -0.25) is 9.89 Å². The van der Waals surface area contributed by atoms with Gasteiger partial charge in [-0.05, 0) is 36.7 Å². The van der Waals surface area contributed by atoms with Crippen LogP contribution in [0, 0.1) is 6.92 Å². The number of hydrogen-bond donors (Lipinski definition) is 0. The summed E-state index contributed by atoms with van der Waals surface area (Å²) < 4.78 is 0. The first kappa shape index (κ1) is 15.6. The van der Waals surface area contributed by atoms with Crippen LogP contribution in [0.2, 0.25) is 0 Å². The largest absolute Gasteiger partial charge is 0.273 e. The smallest absolute Gasteiger partial charge is 0.163 e. The Morgan fingerprint density at radius 3 is 2.25 bits per heavy atom. The third kappa shape index (κ3) is 1.67. The van der Waals surface area contributed by atoms with E-state index in [1.807, 2.05) is 0 Å². The molecule has 1 atom stereocenters. The first-order chi connectivity index (χ1) is 11.5. The monoisotopic (exact) mass is 318 g/mol. The van der Waals surface area contributed by atoms with Gasteiger partial charge in [-0.1, -0.05) is 70.2 Å². The molecule has 0 spiro atoms. The fourth-order valence-electron chi connectivity index (χ4n) is 4.93. The Bertz CT molecular complexity index is 935. The van der Waals surface area contributed by atoms with Crippen molar-refractivity contribution in [3.63, 3.8) is 0 Å². The predicted molar refractivity (Wildman–Crippen MR) is 99.4 cm³/mol. The summed E-state index contributed by atoms with van der Waals surface area (Å²) in [6, 6.07) is 15.5. The standard InChI is InChI=1S/C22H26N2/c1-6-24(7-2)22-18-14-9-8-13-17(18)21(4,5)20(22)16-12-10-11-15(3)19(16)23-22/h8-14H,6-7H2,1-5H3. The fourth-order valence-corrected chi connectivity index (χ4v) is 4.93. The summed E-state index contributed by atoms with van der Waals surface area (Å²) in [5, 5.41) is 2.52.